The van der Waals surface area contributed by atoms with Crippen molar-refractivity contribution in [3.8, 4) is 0 Å². The van der Waals surface area contributed by atoms with Crippen LogP contribution in [-0.4, -0.2) is 39.7 Å². The maximum atomic E-state index is 12.4. The van der Waals surface area contributed by atoms with Gasteiger partial charge in [-0.05, 0) is 84.8 Å². The average Bonchev–Trinajstić information content (AvgIpc) is 2.98. The van der Waals surface area contributed by atoms with Gasteiger partial charge < -0.3 is 25.7 Å². The van der Waals surface area contributed by atoms with Crippen LogP contribution in [0.1, 0.15) is 47.2 Å². The predicted molar refractivity (Wildman–Crippen MR) is 167 cm³/mol. The van der Waals surface area contributed by atoms with Gasteiger partial charge in [-0.2, -0.15) is 0 Å². The Hall–Kier alpha value is -4.38. The number of aliphatic hydroxyl groups is 1. The molecule has 0 unspecified atom stereocenters. The molecule has 0 aliphatic heterocycles. The van der Waals surface area contributed by atoms with Gasteiger partial charge in [0, 0.05) is 33.5 Å². The fourth-order valence-corrected chi connectivity index (χ4v) is 5.16. The SMILES string of the molecule is O=C(NC[C@@H](O)C(=O)O)c1ccc(CN(/C(=C\[N+](=O)[O-])Nc2cc(Cl)cc(Cl)c2)c2ccc(C3=CCCCC3)cc2)cc1. The lowest BCUT2D eigenvalue weighted by Gasteiger charge is -2.27. The molecule has 1 aliphatic carbocycles. The number of carboxylic acid groups (broad SMARTS) is 1. The molecule has 0 spiro atoms. The van der Waals surface area contributed by atoms with Crippen LogP contribution in [0.3, 0.4) is 0 Å². The maximum absolute atomic E-state index is 12.4. The van der Waals surface area contributed by atoms with Crippen molar-refractivity contribution in [1.29, 1.82) is 0 Å². The second-order valence-electron chi connectivity index (χ2n) is 9.95. The van der Waals surface area contributed by atoms with E-state index in [1.807, 2.05) is 24.3 Å². The molecule has 3 aromatic rings. The lowest BCUT2D eigenvalue weighted by molar-refractivity contribution is -0.403. The first-order valence-electron chi connectivity index (χ1n) is 13.5. The highest BCUT2D eigenvalue weighted by Gasteiger charge is 2.19. The number of nitrogens with zero attached hydrogens (tertiary/aromatic N) is 2. The number of carboxylic acids is 1. The van der Waals surface area contributed by atoms with E-state index in [2.05, 4.69) is 16.7 Å². The van der Waals surface area contributed by atoms with Gasteiger partial charge in [0.2, 0.25) is 0 Å². The minimum atomic E-state index is -1.72. The Morgan fingerprint density at radius 3 is 2.28 bits per heavy atom. The smallest absolute Gasteiger partial charge is 0.334 e. The van der Waals surface area contributed by atoms with E-state index in [-0.39, 0.29) is 17.9 Å². The van der Waals surface area contributed by atoms with Crippen molar-refractivity contribution in [2.24, 2.45) is 0 Å². The topological polar surface area (TPSA) is 145 Å². The second kappa shape index (κ2) is 14.7. The quantitative estimate of drug-likeness (QED) is 0.135. The summed E-state index contributed by atoms with van der Waals surface area (Å²) in [5.74, 6) is -1.84. The van der Waals surface area contributed by atoms with Crippen LogP contribution in [0.5, 0.6) is 0 Å². The molecule has 1 aliphatic rings. The first-order valence-corrected chi connectivity index (χ1v) is 14.3. The third-order valence-electron chi connectivity index (χ3n) is 6.79. The van der Waals surface area contributed by atoms with Crippen molar-refractivity contribution >= 4 is 52.0 Å². The Kier molecular flexibility index (Phi) is 10.8. The molecule has 0 bridgehead atoms. The number of carbonyl (C=O) groups excluding carboxylic acids is 1. The fourth-order valence-electron chi connectivity index (χ4n) is 4.64. The Balaban J connectivity index is 1.64. The number of amides is 1. The molecule has 1 atom stereocenters. The number of halogens is 2. The van der Waals surface area contributed by atoms with Crippen LogP contribution in [0.2, 0.25) is 10.0 Å². The molecule has 10 nitrogen and oxygen atoms in total. The van der Waals surface area contributed by atoms with Gasteiger partial charge in [0.05, 0.1) is 11.5 Å². The third-order valence-corrected chi connectivity index (χ3v) is 7.23. The molecule has 12 heteroatoms. The van der Waals surface area contributed by atoms with Gasteiger partial charge in [-0.25, -0.2) is 4.79 Å². The number of allylic oxidation sites excluding steroid dienone is 2. The molecule has 0 aromatic heterocycles. The van der Waals surface area contributed by atoms with Gasteiger partial charge >= 0.3 is 5.97 Å². The Labute approximate surface area is 258 Å². The first-order chi connectivity index (χ1) is 20.6. The van der Waals surface area contributed by atoms with Crippen LogP contribution in [0.25, 0.3) is 5.57 Å². The summed E-state index contributed by atoms with van der Waals surface area (Å²) in [6, 6.07) is 19.1. The number of anilines is 2. The molecule has 4 rings (SSSR count). The van der Waals surface area contributed by atoms with Crippen LogP contribution in [0, 0.1) is 10.1 Å². The fraction of sp³-hybridized carbons (Fsp3) is 0.226. The van der Waals surface area contributed by atoms with Gasteiger partial charge in [-0.15, -0.1) is 0 Å². The number of carbonyl (C=O) groups is 2. The van der Waals surface area contributed by atoms with Crippen molar-refractivity contribution in [3.05, 3.63) is 122 Å². The van der Waals surface area contributed by atoms with Gasteiger partial charge in [0.1, 0.15) is 0 Å². The summed E-state index contributed by atoms with van der Waals surface area (Å²) in [5, 5.41) is 36.2. The number of hydrogen-bond donors (Lipinski definition) is 4. The highest BCUT2D eigenvalue weighted by molar-refractivity contribution is 6.35. The van der Waals surface area contributed by atoms with Crippen molar-refractivity contribution in [1.82, 2.24) is 5.32 Å². The van der Waals surface area contributed by atoms with Crippen molar-refractivity contribution in [2.75, 3.05) is 16.8 Å². The van der Waals surface area contributed by atoms with E-state index in [0.717, 1.165) is 36.6 Å². The van der Waals surface area contributed by atoms with E-state index in [9.17, 15) is 24.8 Å². The average molecular weight is 626 g/mol. The van der Waals surface area contributed by atoms with Gasteiger partial charge in [0.25, 0.3) is 12.1 Å². The largest absolute Gasteiger partial charge is 0.479 e. The molecular formula is C31H30Cl2N4O6. The summed E-state index contributed by atoms with van der Waals surface area (Å²) < 4.78 is 0. The standard InChI is InChI=1S/C31H30Cl2N4O6/c32-24-14-25(33)16-26(15-24)35-29(19-37(42)43)36(27-12-10-22(11-13-27)21-4-2-1-3-5-21)18-20-6-8-23(9-7-20)30(39)34-17-28(38)31(40)41/h4,6-16,19,28,35,38H,1-3,5,17-18H2,(H,34,39)(H,40,41)/b29-19-/t28-/m1/s1. The van der Waals surface area contributed by atoms with E-state index in [4.69, 9.17) is 28.3 Å². The summed E-state index contributed by atoms with van der Waals surface area (Å²) in [4.78, 5) is 36.2. The second-order valence-corrected chi connectivity index (χ2v) is 10.8. The highest BCUT2D eigenvalue weighted by Crippen LogP contribution is 2.31. The molecule has 43 heavy (non-hydrogen) atoms. The zero-order valence-corrected chi connectivity index (χ0v) is 24.5. The van der Waals surface area contributed by atoms with Crippen LogP contribution >= 0.6 is 23.2 Å². The number of aliphatic hydroxyl groups excluding tert-OH is 1. The van der Waals surface area contributed by atoms with E-state index < -0.39 is 29.4 Å². The molecule has 0 heterocycles. The zero-order valence-electron chi connectivity index (χ0n) is 23.0. The van der Waals surface area contributed by atoms with Crippen LogP contribution in [-0.2, 0) is 11.3 Å². The normalized spacial score (nSPS) is 13.9. The Morgan fingerprint density at radius 2 is 1.70 bits per heavy atom. The minimum Gasteiger partial charge on any atom is -0.479 e. The third kappa shape index (κ3) is 9.05. The van der Waals surface area contributed by atoms with E-state index in [1.165, 1.54) is 12.0 Å². The van der Waals surface area contributed by atoms with Gasteiger partial charge in [0.15, 0.2) is 11.9 Å². The summed E-state index contributed by atoms with van der Waals surface area (Å²) in [7, 11) is 0. The molecule has 0 saturated heterocycles. The van der Waals surface area contributed by atoms with Crippen LogP contribution < -0.4 is 15.5 Å². The predicted octanol–water partition coefficient (Wildman–Crippen LogP) is 6.32. The van der Waals surface area contributed by atoms with Crippen molar-refractivity contribution < 1.29 is 24.7 Å². The lowest BCUT2D eigenvalue weighted by Crippen LogP contribution is -2.36. The number of rotatable bonds is 12. The first kappa shape index (κ1) is 31.6. The number of aliphatic carboxylic acids is 1. The number of nitrogens with one attached hydrogen (secondary N) is 2. The van der Waals surface area contributed by atoms with E-state index in [0.29, 0.717) is 21.4 Å². The van der Waals surface area contributed by atoms with Crippen LogP contribution in [0.15, 0.2) is 84.8 Å². The summed E-state index contributed by atoms with van der Waals surface area (Å²) >= 11 is 12.4. The van der Waals surface area contributed by atoms with Crippen LogP contribution in [0.4, 0.5) is 11.4 Å². The molecule has 0 fully saturated rings. The Morgan fingerprint density at radius 1 is 1.02 bits per heavy atom. The monoisotopic (exact) mass is 624 g/mol. The number of hydrogen-bond acceptors (Lipinski definition) is 7. The molecule has 4 N–H and O–H groups in total. The Bertz CT molecular complexity index is 1520. The number of benzene rings is 3. The van der Waals surface area contributed by atoms with E-state index in [1.54, 1.807) is 47.4 Å². The number of nitro groups is 1. The molecule has 224 valence electrons. The van der Waals surface area contributed by atoms with Crippen molar-refractivity contribution in [3.63, 3.8) is 0 Å². The van der Waals surface area contributed by atoms with E-state index >= 15 is 0 Å². The summed E-state index contributed by atoms with van der Waals surface area (Å²) in [6.07, 6.45) is 5.75. The van der Waals surface area contributed by atoms with Gasteiger partial charge in [-0.1, -0.05) is 53.5 Å². The van der Waals surface area contributed by atoms with Gasteiger partial charge in [-0.3, -0.25) is 14.9 Å². The minimum absolute atomic E-state index is 0.150. The maximum Gasteiger partial charge on any atom is 0.334 e. The molecule has 3 aromatic carbocycles. The molecule has 0 radical (unpaired) electrons. The lowest BCUT2D eigenvalue weighted by atomic mass is 9.93. The molecule has 0 saturated carbocycles. The summed E-state index contributed by atoms with van der Waals surface area (Å²) in [6.45, 7) is -0.256. The summed E-state index contributed by atoms with van der Waals surface area (Å²) in [5.41, 5.74) is 4.49. The zero-order chi connectivity index (χ0) is 30.9. The van der Waals surface area contributed by atoms with Crippen molar-refractivity contribution in [2.45, 2.75) is 38.3 Å². The molecular weight excluding hydrogens is 595 g/mol. The molecule has 1 amide bonds. The highest BCUT2D eigenvalue weighted by atomic mass is 35.5.